The standard InChI is InChI=1S/C20H20F4N6O/c1-28(12-13-3-2-4-15(21)11-13)18(31)14-7-9-29(10-8-14)17-6-5-16-25-26-19(20(22,23)24)30(16)27-17/h2-6,11,14H,7-10,12H2,1H3. The molecule has 1 saturated heterocycles. The first kappa shape index (κ1) is 21.0. The van der Waals surface area contributed by atoms with E-state index < -0.39 is 12.0 Å². The topological polar surface area (TPSA) is 66.6 Å². The highest BCUT2D eigenvalue weighted by atomic mass is 19.4. The molecule has 1 aliphatic heterocycles. The van der Waals surface area contributed by atoms with Crippen LogP contribution in [0.15, 0.2) is 36.4 Å². The van der Waals surface area contributed by atoms with Crippen LogP contribution < -0.4 is 4.90 Å². The molecule has 3 heterocycles. The number of hydrogen-bond acceptors (Lipinski definition) is 5. The average molecular weight is 436 g/mol. The quantitative estimate of drug-likeness (QED) is 0.588. The Morgan fingerprint density at radius 3 is 2.58 bits per heavy atom. The Labute approximate surface area is 175 Å². The van der Waals surface area contributed by atoms with Crippen molar-refractivity contribution in [2.24, 2.45) is 5.92 Å². The van der Waals surface area contributed by atoms with Crippen molar-refractivity contribution in [3.05, 3.63) is 53.6 Å². The van der Waals surface area contributed by atoms with E-state index in [1.165, 1.54) is 18.2 Å². The number of carbonyl (C=O) groups is 1. The number of anilines is 1. The van der Waals surface area contributed by atoms with Crippen LogP contribution in [0, 0.1) is 11.7 Å². The molecule has 0 radical (unpaired) electrons. The summed E-state index contributed by atoms with van der Waals surface area (Å²) in [5.41, 5.74) is 0.723. The molecule has 0 bridgehead atoms. The average Bonchev–Trinajstić information content (AvgIpc) is 3.17. The van der Waals surface area contributed by atoms with E-state index in [4.69, 9.17) is 0 Å². The molecule has 1 amide bonds. The first-order valence-corrected chi connectivity index (χ1v) is 9.76. The van der Waals surface area contributed by atoms with Crippen LogP contribution in [0.4, 0.5) is 23.4 Å². The Kier molecular flexibility index (Phi) is 5.50. The molecule has 0 aliphatic carbocycles. The monoisotopic (exact) mass is 436 g/mol. The lowest BCUT2D eigenvalue weighted by Crippen LogP contribution is -2.41. The fraction of sp³-hybridized carbons (Fsp3) is 0.400. The van der Waals surface area contributed by atoms with Crippen LogP contribution in [0.2, 0.25) is 0 Å². The summed E-state index contributed by atoms with van der Waals surface area (Å²) in [5.74, 6) is -1.40. The van der Waals surface area contributed by atoms with E-state index in [0.29, 0.717) is 48.4 Å². The van der Waals surface area contributed by atoms with Crippen molar-refractivity contribution < 1.29 is 22.4 Å². The zero-order valence-corrected chi connectivity index (χ0v) is 16.7. The van der Waals surface area contributed by atoms with Crippen molar-refractivity contribution in [1.29, 1.82) is 0 Å². The van der Waals surface area contributed by atoms with Gasteiger partial charge in [0, 0.05) is 32.6 Å². The summed E-state index contributed by atoms with van der Waals surface area (Å²) in [4.78, 5) is 16.2. The number of nitrogens with zero attached hydrogens (tertiary/aromatic N) is 6. The van der Waals surface area contributed by atoms with Gasteiger partial charge in [-0.2, -0.15) is 17.7 Å². The van der Waals surface area contributed by atoms with E-state index in [2.05, 4.69) is 15.3 Å². The van der Waals surface area contributed by atoms with Crippen molar-refractivity contribution in [2.45, 2.75) is 25.6 Å². The molecule has 1 aliphatic rings. The molecular weight excluding hydrogens is 416 g/mol. The van der Waals surface area contributed by atoms with Gasteiger partial charge < -0.3 is 9.80 Å². The van der Waals surface area contributed by atoms with Crippen molar-refractivity contribution in [1.82, 2.24) is 24.7 Å². The third-order valence-corrected chi connectivity index (χ3v) is 5.36. The maximum absolute atomic E-state index is 13.4. The molecule has 1 fully saturated rings. The van der Waals surface area contributed by atoms with E-state index in [0.717, 1.165) is 0 Å². The Morgan fingerprint density at radius 2 is 1.90 bits per heavy atom. The van der Waals surface area contributed by atoms with Crippen LogP contribution in [-0.4, -0.2) is 50.8 Å². The number of piperidine rings is 1. The van der Waals surface area contributed by atoms with Gasteiger partial charge in [0.2, 0.25) is 5.91 Å². The lowest BCUT2D eigenvalue weighted by molar-refractivity contribution is -0.146. The number of amides is 1. The van der Waals surface area contributed by atoms with Gasteiger partial charge in [-0.25, -0.2) is 4.39 Å². The van der Waals surface area contributed by atoms with Gasteiger partial charge in [0.15, 0.2) is 5.65 Å². The van der Waals surface area contributed by atoms with E-state index in [-0.39, 0.29) is 23.3 Å². The number of hydrogen-bond donors (Lipinski definition) is 0. The number of benzene rings is 1. The second kappa shape index (κ2) is 8.12. The number of halogens is 4. The molecule has 2 aromatic heterocycles. The summed E-state index contributed by atoms with van der Waals surface area (Å²) < 4.78 is 53.3. The largest absolute Gasteiger partial charge is 0.453 e. The predicted molar refractivity (Wildman–Crippen MR) is 104 cm³/mol. The van der Waals surface area contributed by atoms with Gasteiger partial charge in [-0.15, -0.1) is 15.3 Å². The minimum Gasteiger partial charge on any atom is -0.355 e. The lowest BCUT2D eigenvalue weighted by Gasteiger charge is -2.33. The third-order valence-electron chi connectivity index (χ3n) is 5.36. The molecule has 7 nitrogen and oxygen atoms in total. The van der Waals surface area contributed by atoms with Crippen molar-refractivity contribution in [3.8, 4) is 0 Å². The zero-order valence-electron chi connectivity index (χ0n) is 16.7. The van der Waals surface area contributed by atoms with Crippen LogP contribution in [0.1, 0.15) is 24.2 Å². The molecule has 0 atom stereocenters. The van der Waals surface area contributed by atoms with E-state index in [9.17, 15) is 22.4 Å². The van der Waals surface area contributed by atoms with Gasteiger partial charge in [0.1, 0.15) is 11.6 Å². The van der Waals surface area contributed by atoms with Crippen LogP contribution in [0.25, 0.3) is 5.65 Å². The summed E-state index contributed by atoms with van der Waals surface area (Å²) in [5, 5.41) is 10.7. The maximum Gasteiger partial charge on any atom is 0.453 e. The highest BCUT2D eigenvalue weighted by molar-refractivity contribution is 5.79. The fourth-order valence-corrected chi connectivity index (χ4v) is 3.78. The minimum atomic E-state index is -4.66. The molecule has 11 heteroatoms. The Bertz CT molecular complexity index is 1090. The van der Waals surface area contributed by atoms with Gasteiger partial charge in [-0.05, 0) is 42.7 Å². The Hall–Kier alpha value is -3.24. The Morgan fingerprint density at radius 1 is 1.16 bits per heavy atom. The molecule has 3 aromatic rings. The molecular formula is C20H20F4N6O. The van der Waals surface area contributed by atoms with Gasteiger partial charge in [0.05, 0.1) is 0 Å². The second-order valence-corrected chi connectivity index (χ2v) is 7.57. The summed E-state index contributed by atoms with van der Waals surface area (Å²) in [6.07, 6.45) is -3.57. The maximum atomic E-state index is 13.4. The third kappa shape index (κ3) is 4.44. The van der Waals surface area contributed by atoms with Crippen LogP contribution in [0.3, 0.4) is 0 Å². The molecule has 1 aromatic carbocycles. The normalized spacial score (nSPS) is 15.5. The molecule has 0 saturated carbocycles. The molecule has 0 unspecified atom stereocenters. The van der Waals surface area contributed by atoms with Crippen molar-refractivity contribution in [2.75, 3.05) is 25.0 Å². The summed E-state index contributed by atoms with van der Waals surface area (Å²) in [7, 11) is 1.68. The highest BCUT2D eigenvalue weighted by Gasteiger charge is 2.38. The van der Waals surface area contributed by atoms with Crippen molar-refractivity contribution in [3.63, 3.8) is 0 Å². The predicted octanol–water partition coefficient (Wildman–Crippen LogP) is 3.16. The van der Waals surface area contributed by atoms with E-state index >= 15 is 0 Å². The summed E-state index contributed by atoms with van der Waals surface area (Å²) in [6.45, 7) is 1.27. The van der Waals surface area contributed by atoms with Gasteiger partial charge in [-0.3, -0.25) is 4.79 Å². The SMILES string of the molecule is CN(Cc1cccc(F)c1)C(=O)C1CCN(c2ccc3nnc(C(F)(F)F)n3n2)CC1. The molecule has 0 N–H and O–H groups in total. The van der Waals surface area contributed by atoms with Gasteiger partial charge in [-0.1, -0.05) is 12.1 Å². The smallest absolute Gasteiger partial charge is 0.355 e. The van der Waals surface area contributed by atoms with Crippen molar-refractivity contribution >= 4 is 17.4 Å². The molecule has 164 valence electrons. The number of rotatable bonds is 4. The van der Waals surface area contributed by atoms with Gasteiger partial charge in [0.25, 0.3) is 5.82 Å². The second-order valence-electron chi connectivity index (χ2n) is 7.57. The number of carbonyl (C=O) groups excluding carboxylic acids is 1. The molecule has 0 spiro atoms. The van der Waals surface area contributed by atoms with Crippen LogP contribution >= 0.6 is 0 Å². The highest BCUT2D eigenvalue weighted by Crippen LogP contribution is 2.29. The van der Waals surface area contributed by atoms with Crippen LogP contribution in [-0.2, 0) is 17.5 Å². The zero-order chi connectivity index (χ0) is 22.2. The van der Waals surface area contributed by atoms with E-state index in [1.54, 1.807) is 30.1 Å². The number of alkyl halides is 3. The lowest BCUT2D eigenvalue weighted by atomic mass is 9.95. The molecule has 31 heavy (non-hydrogen) atoms. The number of aromatic nitrogens is 4. The van der Waals surface area contributed by atoms with Gasteiger partial charge >= 0.3 is 6.18 Å². The first-order valence-electron chi connectivity index (χ1n) is 9.76. The minimum absolute atomic E-state index is 0.0140. The summed E-state index contributed by atoms with van der Waals surface area (Å²) in [6, 6.07) is 9.15. The first-order chi connectivity index (χ1) is 14.7. The fourth-order valence-electron chi connectivity index (χ4n) is 3.78. The number of fused-ring (bicyclic) bond motifs is 1. The summed E-state index contributed by atoms with van der Waals surface area (Å²) >= 11 is 0. The molecule has 4 rings (SSSR count). The van der Waals surface area contributed by atoms with Crippen LogP contribution in [0.5, 0.6) is 0 Å². The Balaban J connectivity index is 1.40. The van der Waals surface area contributed by atoms with E-state index in [1.807, 2.05) is 4.90 Å².